The van der Waals surface area contributed by atoms with E-state index < -0.39 is 5.91 Å². The quantitative estimate of drug-likeness (QED) is 0.224. The molecule has 34 heavy (non-hydrogen) atoms. The Hall–Kier alpha value is -3.72. The number of amides is 1. The largest absolute Gasteiger partial charge is 0.489 e. The first-order valence-corrected chi connectivity index (χ1v) is 11.4. The highest BCUT2D eigenvalue weighted by Crippen LogP contribution is 2.23. The average molecular weight is 490 g/mol. The van der Waals surface area contributed by atoms with Gasteiger partial charge in [-0.15, -0.1) is 0 Å². The van der Waals surface area contributed by atoms with Crippen molar-refractivity contribution in [1.82, 2.24) is 10.3 Å². The number of ether oxygens (including phenoxy) is 1. The number of fused-ring (bicyclic) bond motifs is 1. The topological polar surface area (TPSA) is 77.9 Å². The van der Waals surface area contributed by atoms with Crippen LogP contribution in [-0.4, -0.2) is 17.4 Å². The van der Waals surface area contributed by atoms with Crippen molar-refractivity contribution >= 4 is 46.1 Å². The summed E-state index contributed by atoms with van der Waals surface area (Å²) >= 11 is 12.1. The summed E-state index contributed by atoms with van der Waals surface area (Å²) in [5.41, 5.74) is 3.77. The number of halogens is 2. The van der Waals surface area contributed by atoms with E-state index in [4.69, 9.17) is 27.9 Å². The maximum Gasteiger partial charge on any atom is 0.261 e. The molecule has 3 aromatic carbocycles. The van der Waals surface area contributed by atoms with Gasteiger partial charge in [0.25, 0.3) is 5.91 Å². The molecule has 1 heterocycles. The van der Waals surface area contributed by atoms with Gasteiger partial charge in [-0.05, 0) is 54.0 Å². The summed E-state index contributed by atoms with van der Waals surface area (Å²) < 4.78 is 5.77. The summed E-state index contributed by atoms with van der Waals surface area (Å²) in [6.07, 6.45) is 4.17. The van der Waals surface area contributed by atoms with Crippen molar-refractivity contribution in [3.63, 3.8) is 0 Å². The summed E-state index contributed by atoms with van der Waals surface area (Å²) in [6.45, 7) is 0.729. The smallest absolute Gasteiger partial charge is 0.261 e. The summed E-state index contributed by atoms with van der Waals surface area (Å²) in [7, 11) is 0. The number of carbonyl (C=O) groups excluding carboxylic acids is 1. The van der Waals surface area contributed by atoms with E-state index in [2.05, 4.69) is 10.3 Å². The molecule has 0 saturated heterocycles. The van der Waals surface area contributed by atoms with Crippen molar-refractivity contribution in [3.8, 4) is 11.8 Å². The van der Waals surface area contributed by atoms with E-state index in [0.29, 0.717) is 35.4 Å². The van der Waals surface area contributed by atoms with Crippen molar-refractivity contribution in [1.29, 1.82) is 5.26 Å². The number of benzene rings is 3. The molecule has 0 atom stereocenters. The Morgan fingerprint density at radius 1 is 1.06 bits per heavy atom. The highest BCUT2D eigenvalue weighted by molar-refractivity contribution is 6.35. The van der Waals surface area contributed by atoms with Crippen LogP contribution in [0.25, 0.3) is 17.0 Å². The van der Waals surface area contributed by atoms with Gasteiger partial charge in [-0.1, -0.05) is 59.6 Å². The molecule has 0 aliphatic rings. The second-order valence-electron chi connectivity index (χ2n) is 7.63. The second kappa shape index (κ2) is 10.9. The zero-order chi connectivity index (χ0) is 23.9. The number of carbonyl (C=O) groups is 1. The lowest BCUT2D eigenvalue weighted by molar-refractivity contribution is -0.117. The van der Waals surface area contributed by atoms with Gasteiger partial charge in [0.15, 0.2) is 0 Å². The molecule has 170 valence electrons. The molecule has 0 aliphatic carbocycles. The Balaban J connectivity index is 1.33. The third kappa shape index (κ3) is 5.79. The molecule has 5 nitrogen and oxygen atoms in total. The minimum Gasteiger partial charge on any atom is -0.489 e. The lowest BCUT2D eigenvalue weighted by Crippen LogP contribution is -2.26. The van der Waals surface area contributed by atoms with Gasteiger partial charge in [0.1, 0.15) is 24.0 Å². The monoisotopic (exact) mass is 489 g/mol. The zero-order valence-electron chi connectivity index (χ0n) is 18.1. The minimum absolute atomic E-state index is 0.0422. The molecule has 1 amide bonds. The molecule has 0 fully saturated rings. The van der Waals surface area contributed by atoms with Crippen LogP contribution < -0.4 is 10.1 Å². The van der Waals surface area contributed by atoms with Gasteiger partial charge in [-0.2, -0.15) is 5.26 Å². The molecule has 0 radical (unpaired) electrons. The van der Waals surface area contributed by atoms with Crippen LogP contribution in [0.15, 0.2) is 78.5 Å². The molecule has 0 saturated carbocycles. The number of rotatable bonds is 8. The highest BCUT2D eigenvalue weighted by atomic mass is 35.5. The lowest BCUT2D eigenvalue weighted by atomic mass is 10.1. The van der Waals surface area contributed by atoms with Gasteiger partial charge in [-0.25, -0.2) is 0 Å². The Kier molecular flexibility index (Phi) is 7.54. The minimum atomic E-state index is -0.403. The lowest BCUT2D eigenvalue weighted by Gasteiger charge is -2.08. The van der Waals surface area contributed by atoms with Crippen LogP contribution in [0.3, 0.4) is 0 Å². The summed E-state index contributed by atoms with van der Waals surface area (Å²) in [5, 5.41) is 14.5. The number of para-hydroxylation sites is 1. The Morgan fingerprint density at radius 3 is 2.62 bits per heavy atom. The first kappa shape index (κ1) is 23.4. The zero-order valence-corrected chi connectivity index (χ0v) is 19.7. The van der Waals surface area contributed by atoms with Crippen LogP contribution in [0.2, 0.25) is 10.0 Å². The fraction of sp³-hybridized carbons (Fsp3) is 0.111. The molecule has 0 spiro atoms. The highest BCUT2D eigenvalue weighted by Gasteiger charge is 2.10. The molecule has 4 rings (SSSR count). The Bertz CT molecular complexity index is 1390. The van der Waals surface area contributed by atoms with Gasteiger partial charge in [-0.3, -0.25) is 4.79 Å². The van der Waals surface area contributed by atoms with E-state index >= 15 is 0 Å². The van der Waals surface area contributed by atoms with Gasteiger partial charge in [0.2, 0.25) is 0 Å². The van der Waals surface area contributed by atoms with Gasteiger partial charge in [0.05, 0.1) is 0 Å². The number of hydrogen-bond acceptors (Lipinski definition) is 3. The van der Waals surface area contributed by atoms with E-state index in [1.807, 2.05) is 42.6 Å². The molecule has 7 heteroatoms. The van der Waals surface area contributed by atoms with Crippen LogP contribution in [0.5, 0.6) is 5.75 Å². The predicted octanol–water partition coefficient (Wildman–Crippen LogP) is 6.32. The first-order valence-electron chi connectivity index (χ1n) is 10.7. The summed E-state index contributed by atoms with van der Waals surface area (Å²) in [6, 6.07) is 22.4. The van der Waals surface area contributed by atoms with E-state index in [9.17, 15) is 10.1 Å². The fourth-order valence-corrected chi connectivity index (χ4v) is 3.98. The first-order chi connectivity index (χ1) is 16.5. The van der Waals surface area contributed by atoms with Crippen LogP contribution in [-0.2, 0) is 17.8 Å². The van der Waals surface area contributed by atoms with Crippen LogP contribution in [0.4, 0.5) is 0 Å². The second-order valence-corrected chi connectivity index (χ2v) is 8.47. The number of nitrogens with zero attached hydrogens (tertiary/aromatic N) is 1. The van der Waals surface area contributed by atoms with Crippen LogP contribution in [0.1, 0.15) is 16.7 Å². The average Bonchev–Trinajstić information content (AvgIpc) is 3.26. The number of H-pyrrole nitrogens is 1. The number of nitriles is 1. The van der Waals surface area contributed by atoms with Gasteiger partial charge in [0, 0.05) is 39.3 Å². The molecule has 0 unspecified atom stereocenters. The number of aromatic nitrogens is 1. The SMILES string of the molecule is N#C/C(=C/c1ccc(OCc2ccc(Cl)cc2Cl)cc1)C(=O)NCCc1c[nH]c2ccccc12. The standard InChI is InChI=1S/C27H21Cl2N3O2/c28-22-8-7-20(25(29)14-22)17-34-23-9-5-18(6-10-23)13-21(15-30)27(33)31-12-11-19-16-32-26-4-2-1-3-24(19)26/h1-10,13-14,16,32H,11-12,17H2,(H,31,33)/b21-13-. The Morgan fingerprint density at radius 2 is 1.85 bits per heavy atom. The van der Waals surface area contributed by atoms with Crippen molar-refractivity contribution in [2.75, 3.05) is 6.54 Å². The number of nitrogens with one attached hydrogen (secondary N) is 2. The van der Waals surface area contributed by atoms with E-state index in [-0.39, 0.29) is 5.57 Å². The molecular weight excluding hydrogens is 469 g/mol. The maximum atomic E-state index is 12.5. The van der Waals surface area contributed by atoms with Crippen molar-refractivity contribution in [2.45, 2.75) is 13.0 Å². The summed E-state index contributed by atoms with van der Waals surface area (Å²) in [5.74, 6) is 0.241. The van der Waals surface area contributed by atoms with Gasteiger partial charge >= 0.3 is 0 Å². The molecule has 2 N–H and O–H groups in total. The van der Waals surface area contributed by atoms with Crippen LogP contribution >= 0.6 is 23.2 Å². The normalized spacial score (nSPS) is 11.3. The number of hydrogen-bond donors (Lipinski definition) is 2. The third-order valence-corrected chi connectivity index (χ3v) is 5.91. The van der Waals surface area contributed by atoms with E-state index in [1.54, 1.807) is 42.5 Å². The molecule has 0 aliphatic heterocycles. The fourth-order valence-electron chi connectivity index (χ4n) is 3.52. The molecular formula is C27H21Cl2N3O2. The molecule has 4 aromatic rings. The van der Waals surface area contributed by atoms with E-state index in [1.165, 1.54) is 0 Å². The molecule has 0 bridgehead atoms. The van der Waals surface area contributed by atoms with E-state index in [0.717, 1.165) is 27.6 Å². The molecule has 1 aromatic heterocycles. The van der Waals surface area contributed by atoms with Crippen molar-refractivity contribution in [3.05, 3.63) is 105 Å². The summed E-state index contributed by atoms with van der Waals surface area (Å²) in [4.78, 5) is 15.7. The maximum absolute atomic E-state index is 12.5. The third-order valence-electron chi connectivity index (χ3n) is 5.32. The van der Waals surface area contributed by atoms with Crippen LogP contribution in [0, 0.1) is 11.3 Å². The van der Waals surface area contributed by atoms with Crippen molar-refractivity contribution < 1.29 is 9.53 Å². The van der Waals surface area contributed by atoms with Crippen molar-refractivity contribution in [2.24, 2.45) is 0 Å². The van der Waals surface area contributed by atoms with Gasteiger partial charge < -0.3 is 15.0 Å². The Labute approximate surface area is 207 Å². The predicted molar refractivity (Wildman–Crippen MR) is 136 cm³/mol. The number of aromatic amines is 1.